The van der Waals surface area contributed by atoms with Gasteiger partial charge in [-0.05, 0) is 24.8 Å². The molecule has 0 saturated carbocycles. The highest BCUT2D eigenvalue weighted by Crippen LogP contribution is 2.32. The lowest BCUT2D eigenvalue weighted by atomic mass is 10.1. The third-order valence-electron chi connectivity index (χ3n) is 5.51. The number of carbonyl (C=O) groups excluding carboxylic acids is 1. The first kappa shape index (κ1) is 23.4. The van der Waals surface area contributed by atoms with Gasteiger partial charge >= 0.3 is 0 Å². The largest absolute Gasteiger partial charge is 0.387 e. The first-order valence-electron chi connectivity index (χ1n) is 10.9. The fraction of sp³-hybridized carbons (Fsp3) is 0.391. The molecular weight excluding hydrogens is 438 g/mol. The Hall–Kier alpha value is -3.72. The number of likely N-dealkylation sites (N-methyl/N-ethyl adjacent to an activating group) is 2. The molecule has 0 radical (unpaired) electrons. The van der Waals surface area contributed by atoms with Gasteiger partial charge in [0.1, 0.15) is 17.7 Å². The minimum atomic E-state index is -1.41. The quantitative estimate of drug-likeness (QED) is 0.283. The van der Waals surface area contributed by atoms with Crippen LogP contribution in [0.15, 0.2) is 36.7 Å². The lowest BCUT2D eigenvalue weighted by Crippen LogP contribution is -2.42. The number of nitrogens with zero attached hydrogens (tertiary/aromatic N) is 5. The van der Waals surface area contributed by atoms with Crippen molar-refractivity contribution in [2.45, 2.75) is 37.9 Å². The van der Waals surface area contributed by atoms with E-state index in [-0.39, 0.29) is 17.3 Å². The van der Waals surface area contributed by atoms with Gasteiger partial charge in [-0.25, -0.2) is 15.0 Å². The predicted molar refractivity (Wildman–Crippen MR) is 124 cm³/mol. The van der Waals surface area contributed by atoms with Crippen LogP contribution < -0.4 is 11.1 Å². The van der Waals surface area contributed by atoms with Crippen molar-refractivity contribution in [2.75, 3.05) is 25.9 Å². The summed E-state index contributed by atoms with van der Waals surface area (Å²) in [6, 6.07) is 13.1. The molecule has 4 rings (SSSR count). The van der Waals surface area contributed by atoms with E-state index in [1.165, 1.54) is 16.5 Å². The summed E-state index contributed by atoms with van der Waals surface area (Å²) in [7, 11) is 1.87. The zero-order chi connectivity index (χ0) is 24.2. The Morgan fingerprint density at radius 2 is 2.03 bits per heavy atom. The molecule has 1 unspecified atom stereocenters. The minimum absolute atomic E-state index is 0.119. The monoisotopic (exact) mass is 465 g/mol. The van der Waals surface area contributed by atoms with Gasteiger partial charge in [-0.15, -0.1) is 0 Å². The van der Waals surface area contributed by atoms with Gasteiger partial charge in [0.2, 0.25) is 5.82 Å². The second-order valence-corrected chi connectivity index (χ2v) is 7.97. The number of rotatable bonds is 6. The predicted octanol–water partition coefficient (Wildman–Crippen LogP) is -0.353. The molecule has 4 atom stereocenters. The van der Waals surface area contributed by atoms with Crippen LogP contribution in [0.5, 0.6) is 0 Å². The number of nitrogens with one attached hydrogen (secondary N) is 1. The third-order valence-corrected chi connectivity index (χ3v) is 5.51. The van der Waals surface area contributed by atoms with Crippen molar-refractivity contribution >= 4 is 22.9 Å². The summed E-state index contributed by atoms with van der Waals surface area (Å²) >= 11 is 0. The molecule has 11 nitrogen and oxygen atoms in total. The molecule has 0 spiro atoms. The number of hydrogen-bond donors (Lipinski definition) is 4. The molecule has 1 saturated heterocycles. The normalized spacial score (nSPS) is 21.8. The summed E-state index contributed by atoms with van der Waals surface area (Å²) in [5.41, 5.74) is 7.85. The molecule has 1 aromatic carbocycles. The molecule has 178 valence electrons. The smallest absolute Gasteiger partial charge is 0.252 e. The zero-order valence-corrected chi connectivity index (χ0v) is 18.9. The van der Waals surface area contributed by atoms with Gasteiger partial charge in [-0.1, -0.05) is 30.3 Å². The van der Waals surface area contributed by atoms with Crippen molar-refractivity contribution in [3.05, 3.63) is 48.0 Å². The number of anilines is 1. The van der Waals surface area contributed by atoms with E-state index in [1.807, 2.05) is 30.1 Å². The number of aliphatic hydroxyl groups excluding tert-OH is 2. The summed E-state index contributed by atoms with van der Waals surface area (Å²) in [4.78, 5) is 26.9. The number of amides is 1. The number of carbonyl (C=O) groups is 1. The van der Waals surface area contributed by atoms with Crippen molar-refractivity contribution in [3.63, 3.8) is 0 Å². The van der Waals surface area contributed by atoms with Gasteiger partial charge in [0, 0.05) is 26.2 Å². The molecule has 1 fully saturated rings. The molecule has 5 N–H and O–H groups in total. The van der Waals surface area contributed by atoms with Crippen LogP contribution in [0.3, 0.4) is 0 Å². The molecular formula is C23H27N7O4. The van der Waals surface area contributed by atoms with E-state index in [9.17, 15) is 15.0 Å². The SMILES string of the molecule is CCNC(=O)[C@H]1OC(n2cnc3c(N)nc(C#CN(C)CCc4ccccc4)nc32)[C@H](O)[C@@H]1O. The molecule has 2 aromatic heterocycles. The van der Waals surface area contributed by atoms with Crippen LogP contribution >= 0.6 is 0 Å². The molecule has 34 heavy (non-hydrogen) atoms. The summed E-state index contributed by atoms with van der Waals surface area (Å²) in [6.45, 7) is 2.83. The topological polar surface area (TPSA) is 152 Å². The standard InChI is InChI=1S/C23H27N7O4/c1-3-25-22(33)19-17(31)18(32)23(34-19)30-13-26-16-20(24)27-15(28-21(16)30)10-12-29(2)11-9-14-7-5-4-6-8-14/h4-8,13,17-19,23,31-32H,3,9,11H2,1-2H3,(H,25,33)(H2,24,27,28)/t17-,18+,19-,23?/m0/s1. The maximum atomic E-state index is 12.2. The fourth-order valence-corrected chi connectivity index (χ4v) is 3.70. The van der Waals surface area contributed by atoms with E-state index in [0.717, 1.165) is 6.42 Å². The van der Waals surface area contributed by atoms with E-state index in [4.69, 9.17) is 10.5 Å². The lowest BCUT2D eigenvalue weighted by Gasteiger charge is -2.16. The Morgan fingerprint density at radius 1 is 1.26 bits per heavy atom. The molecule has 11 heteroatoms. The Bertz CT molecular complexity index is 1220. The maximum Gasteiger partial charge on any atom is 0.252 e. The van der Waals surface area contributed by atoms with Crippen LogP contribution in [0, 0.1) is 12.0 Å². The summed E-state index contributed by atoms with van der Waals surface area (Å²) in [5.74, 6) is 2.68. The second-order valence-electron chi connectivity index (χ2n) is 7.97. The van der Waals surface area contributed by atoms with Gasteiger partial charge in [0.15, 0.2) is 23.8 Å². The Kier molecular flexibility index (Phi) is 6.93. The number of benzene rings is 1. The van der Waals surface area contributed by atoms with Gasteiger partial charge in [-0.2, -0.15) is 0 Å². The average Bonchev–Trinajstić information content (AvgIpc) is 3.38. The first-order chi connectivity index (χ1) is 16.4. The summed E-state index contributed by atoms with van der Waals surface area (Å²) in [6.07, 6.45) is -2.89. The molecule has 0 aliphatic carbocycles. The van der Waals surface area contributed by atoms with Crippen molar-refractivity contribution in [3.8, 4) is 12.0 Å². The molecule has 3 heterocycles. The van der Waals surface area contributed by atoms with Crippen LogP contribution in [0.4, 0.5) is 5.82 Å². The average molecular weight is 466 g/mol. The molecule has 1 amide bonds. The highest BCUT2D eigenvalue weighted by atomic mass is 16.6. The van der Waals surface area contributed by atoms with Crippen LogP contribution in [-0.2, 0) is 16.0 Å². The van der Waals surface area contributed by atoms with Crippen molar-refractivity contribution in [1.29, 1.82) is 0 Å². The number of ether oxygens (including phenoxy) is 1. The summed E-state index contributed by atoms with van der Waals surface area (Å²) < 4.78 is 7.09. The van der Waals surface area contributed by atoms with Crippen LogP contribution in [0.1, 0.15) is 24.5 Å². The summed E-state index contributed by atoms with van der Waals surface area (Å²) in [5, 5.41) is 23.4. The highest BCUT2D eigenvalue weighted by Gasteiger charge is 2.47. The number of imidazole rings is 1. The molecule has 3 aromatic rings. The Balaban J connectivity index is 1.55. The zero-order valence-electron chi connectivity index (χ0n) is 18.9. The lowest BCUT2D eigenvalue weighted by molar-refractivity contribution is -0.137. The maximum absolute atomic E-state index is 12.2. The number of hydrogen-bond acceptors (Lipinski definition) is 9. The Labute approximate surface area is 196 Å². The van der Waals surface area contributed by atoms with E-state index in [0.29, 0.717) is 18.6 Å². The number of nitrogens with two attached hydrogens (primary N) is 1. The second kappa shape index (κ2) is 10.0. The highest BCUT2D eigenvalue weighted by molar-refractivity contribution is 5.83. The molecule has 1 aliphatic rings. The van der Waals surface area contributed by atoms with Gasteiger partial charge in [-0.3, -0.25) is 9.36 Å². The van der Waals surface area contributed by atoms with Gasteiger partial charge in [0.05, 0.1) is 6.33 Å². The minimum Gasteiger partial charge on any atom is -0.387 e. The van der Waals surface area contributed by atoms with E-state index < -0.39 is 30.4 Å². The van der Waals surface area contributed by atoms with E-state index in [1.54, 1.807) is 6.92 Å². The Morgan fingerprint density at radius 3 is 2.76 bits per heavy atom. The number of aromatic nitrogens is 4. The first-order valence-corrected chi connectivity index (χ1v) is 10.9. The number of aliphatic hydroxyl groups is 2. The van der Waals surface area contributed by atoms with E-state index >= 15 is 0 Å². The van der Waals surface area contributed by atoms with Crippen molar-refractivity contribution in [2.24, 2.45) is 0 Å². The van der Waals surface area contributed by atoms with Crippen LogP contribution in [0.25, 0.3) is 11.2 Å². The molecule has 1 aliphatic heterocycles. The van der Waals surface area contributed by atoms with E-state index in [2.05, 4.69) is 44.4 Å². The number of nitrogen functional groups attached to an aromatic ring is 1. The van der Waals surface area contributed by atoms with Crippen LogP contribution in [-0.4, -0.2) is 79.0 Å². The third kappa shape index (κ3) is 4.79. The van der Waals surface area contributed by atoms with Gasteiger partial charge < -0.3 is 30.9 Å². The van der Waals surface area contributed by atoms with Gasteiger partial charge in [0.25, 0.3) is 5.91 Å². The molecule has 0 bridgehead atoms. The van der Waals surface area contributed by atoms with Crippen LogP contribution in [0.2, 0.25) is 0 Å². The van der Waals surface area contributed by atoms with Crippen molar-refractivity contribution in [1.82, 2.24) is 29.7 Å². The van der Waals surface area contributed by atoms with Crippen molar-refractivity contribution < 1.29 is 19.7 Å². The fourth-order valence-electron chi connectivity index (χ4n) is 3.70. The number of fused-ring (bicyclic) bond motifs is 1.